The molecule has 1 saturated heterocycles. The fourth-order valence-corrected chi connectivity index (χ4v) is 4.18. The first-order chi connectivity index (χ1) is 12.0. The third-order valence-electron chi connectivity index (χ3n) is 5.74. The topological polar surface area (TPSA) is 72.6 Å². The molecular weight excluding hydrogens is 322 g/mol. The van der Waals surface area contributed by atoms with Crippen LogP contribution in [0.15, 0.2) is 11.1 Å². The molecule has 0 N–H and O–H groups in total. The smallest absolute Gasteiger partial charge is 0.345 e. The SMILES string of the molecule is COC1CCN([C@H]2CCC[C@H]2N(C)C(=O)CCn2ncn(C)c2=O)C1. The average Bonchev–Trinajstić information content (AvgIpc) is 3.33. The van der Waals surface area contributed by atoms with Crippen molar-refractivity contribution < 1.29 is 9.53 Å². The number of ether oxygens (including phenoxy) is 1. The van der Waals surface area contributed by atoms with E-state index in [1.165, 1.54) is 15.6 Å². The van der Waals surface area contributed by atoms with Crippen molar-refractivity contribution in [3.8, 4) is 0 Å². The summed E-state index contributed by atoms with van der Waals surface area (Å²) in [5.41, 5.74) is -0.183. The summed E-state index contributed by atoms with van der Waals surface area (Å²) >= 11 is 0. The van der Waals surface area contributed by atoms with E-state index in [1.54, 1.807) is 14.2 Å². The third kappa shape index (κ3) is 3.79. The lowest BCUT2D eigenvalue weighted by molar-refractivity contribution is -0.133. The van der Waals surface area contributed by atoms with Crippen LogP contribution in [0.3, 0.4) is 0 Å². The lowest BCUT2D eigenvalue weighted by Crippen LogP contribution is -2.49. The number of carbonyl (C=O) groups excluding carboxylic acids is 1. The molecule has 1 aliphatic heterocycles. The molecule has 3 atom stereocenters. The van der Waals surface area contributed by atoms with Crippen molar-refractivity contribution in [1.82, 2.24) is 24.1 Å². The molecule has 1 aromatic heterocycles. The molecule has 25 heavy (non-hydrogen) atoms. The second-order valence-electron chi connectivity index (χ2n) is 7.21. The summed E-state index contributed by atoms with van der Waals surface area (Å²) in [6.07, 6.45) is 6.50. The standard InChI is InChI=1S/C17H29N5O3/c1-19-12-18-22(17(19)24)10-8-16(23)20(2)14-5-4-6-15(14)21-9-7-13(11-21)25-3/h12-15H,4-11H2,1-3H3/t13?,14-,15+/m1/s1. The first-order valence-electron chi connectivity index (χ1n) is 9.12. The van der Waals surface area contributed by atoms with E-state index in [1.807, 2.05) is 11.9 Å². The van der Waals surface area contributed by atoms with Gasteiger partial charge >= 0.3 is 5.69 Å². The van der Waals surface area contributed by atoms with Crippen LogP contribution in [0.25, 0.3) is 0 Å². The number of hydrogen-bond donors (Lipinski definition) is 0. The third-order valence-corrected chi connectivity index (χ3v) is 5.74. The van der Waals surface area contributed by atoms with E-state index in [2.05, 4.69) is 10.00 Å². The Bertz CT molecular complexity index is 655. The zero-order chi connectivity index (χ0) is 18.0. The van der Waals surface area contributed by atoms with Gasteiger partial charge in [0, 0.05) is 52.8 Å². The monoisotopic (exact) mass is 351 g/mol. The van der Waals surface area contributed by atoms with Gasteiger partial charge in [0.2, 0.25) is 5.91 Å². The number of amides is 1. The number of likely N-dealkylation sites (N-methyl/N-ethyl adjacent to an activating group) is 1. The quantitative estimate of drug-likeness (QED) is 0.725. The number of aromatic nitrogens is 3. The van der Waals surface area contributed by atoms with Crippen LogP contribution in [0, 0.1) is 0 Å². The van der Waals surface area contributed by atoms with Crippen LogP contribution in [-0.4, -0.2) is 75.5 Å². The van der Waals surface area contributed by atoms with Crippen LogP contribution < -0.4 is 5.69 Å². The van der Waals surface area contributed by atoms with Crippen molar-refractivity contribution in [1.29, 1.82) is 0 Å². The molecule has 2 aliphatic rings. The second kappa shape index (κ2) is 7.70. The second-order valence-corrected chi connectivity index (χ2v) is 7.21. The van der Waals surface area contributed by atoms with E-state index in [9.17, 15) is 9.59 Å². The molecular formula is C17H29N5O3. The minimum atomic E-state index is -0.183. The van der Waals surface area contributed by atoms with Crippen molar-refractivity contribution in [3.63, 3.8) is 0 Å². The van der Waals surface area contributed by atoms with Gasteiger partial charge in [-0.1, -0.05) is 0 Å². The normalized spacial score (nSPS) is 27.1. The van der Waals surface area contributed by atoms with Crippen LogP contribution in [-0.2, 0) is 23.1 Å². The van der Waals surface area contributed by atoms with Gasteiger partial charge in [-0.15, -0.1) is 0 Å². The van der Waals surface area contributed by atoms with Gasteiger partial charge in [-0.05, 0) is 25.7 Å². The van der Waals surface area contributed by atoms with Gasteiger partial charge in [0.1, 0.15) is 6.33 Å². The Labute approximate surface area is 148 Å². The Morgan fingerprint density at radius 2 is 2.20 bits per heavy atom. The number of aryl methyl sites for hydroxylation is 2. The molecule has 2 heterocycles. The zero-order valence-electron chi connectivity index (χ0n) is 15.4. The largest absolute Gasteiger partial charge is 0.380 e. The molecule has 140 valence electrons. The molecule has 0 spiro atoms. The number of carbonyl (C=O) groups is 1. The highest BCUT2D eigenvalue weighted by molar-refractivity contribution is 5.76. The molecule has 0 bridgehead atoms. The minimum absolute atomic E-state index is 0.0805. The van der Waals surface area contributed by atoms with Crippen molar-refractivity contribution in [3.05, 3.63) is 16.8 Å². The van der Waals surface area contributed by atoms with Crippen molar-refractivity contribution in [2.45, 2.75) is 56.8 Å². The zero-order valence-corrected chi connectivity index (χ0v) is 15.4. The Kier molecular flexibility index (Phi) is 5.58. The maximum absolute atomic E-state index is 12.6. The number of methoxy groups -OCH3 is 1. The first-order valence-corrected chi connectivity index (χ1v) is 9.12. The highest BCUT2D eigenvalue weighted by Crippen LogP contribution is 2.31. The molecule has 8 heteroatoms. The molecule has 2 fully saturated rings. The number of nitrogens with zero attached hydrogens (tertiary/aromatic N) is 5. The number of rotatable bonds is 6. The number of likely N-dealkylation sites (tertiary alicyclic amines) is 1. The van der Waals surface area contributed by atoms with Crippen molar-refractivity contribution >= 4 is 5.91 Å². The Morgan fingerprint density at radius 1 is 1.40 bits per heavy atom. The summed E-state index contributed by atoms with van der Waals surface area (Å²) in [6.45, 7) is 2.34. The average molecular weight is 351 g/mol. The molecule has 1 amide bonds. The highest BCUT2D eigenvalue weighted by atomic mass is 16.5. The van der Waals surface area contributed by atoms with Crippen molar-refractivity contribution in [2.75, 3.05) is 27.2 Å². The summed E-state index contributed by atoms with van der Waals surface area (Å²) < 4.78 is 8.25. The predicted molar refractivity (Wildman–Crippen MR) is 93.3 cm³/mol. The van der Waals surface area contributed by atoms with E-state index in [-0.39, 0.29) is 17.6 Å². The lowest BCUT2D eigenvalue weighted by atomic mass is 10.1. The van der Waals surface area contributed by atoms with Gasteiger partial charge in [-0.3, -0.25) is 14.3 Å². The fraction of sp³-hybridized carbons (Fsp3) is 0.824. The summed E-state index contributed by atoms with van der Waals surface area (Å²) in [7, 11) is 5.33. The maximum atomic E-state index is 12.6. The van der Waals surface area contributed by atoms with Crippen LogP contribution in [0.4, 0.5) is 0 Å². The van der Waals surface area contributed by atoms with Crippen LogP contribution in [0.5, 0.6) is 0 Å². The Balaban J connectivity index is 1.57. The summed E-state index contributed by atoms with van der Waals surface area (Å²) in [4.78, 5) is 28.8. The molecule has 1 aromatic rings. The molecule has 1 aliphatic carbocycles. The van der Waals surface area contributed by atoms with Crippen LogP contribution >= 0.6 is 0 Å². The van der Waals surface area contributed by atoms with Gasteiger partial charge < -0.3 is 9.64 Å². The van der Waals surface area contributed by atoms with Crippen molar-refractivity contribution in [2.24, 2.45) is 7.05 Å². The van der Waals surface area contributed by atoms with E-state index in [0.717, 1.165) is 38.8 Å². The van der Waals surface area contributed by atoms with Gasteiger partial charge in [-0.2, -0.15) is 5.10 Å². The van der Waals surface area contributed by atoms with Gasteiger partial charge in [0.25, 0.3) is 0 Å². The molecule has 3 rings (SSSR count). The van der Waals surface area contributed by atoms with E-state index < -0.39 is 0 Å². The van der Waals surface area contributed by atoms with Crippen LogP contribution in [0.2, 0.25) is 0 Å². The molecule has 1 saturated carbocycles. The summed E-state index contributed by atoms with van der Waals surface area (Å²) in [6, 6.07) is 0.676. The van der Waals surface area contributed by atoms with E-state index in [4.69, 9.17) is 4.74 Å². The van der Waals surface area contributed by atoms with E-state index >= 15 is 0 Å². The van der Waals surface area contributed by atoms with Crippen LogP contribution in [0.1, 0.15) is 32.1 Å². The fourth-order valence-electron chi connectivity index (χ4n) is 4.18. The summed E-state index contributed by atoms with van der Waals surface area (Å²) in [5.74, 6) is 0.0805. The van der Waals surface area contributed by atoms with E-state index in [0.29, 0.717) is 25.1 Å². The maximum Gasteiger partial charge on any atom is 0.345 e. The Morgan fingerprint density at radius 3 is 2.84 bits per heavy atom. The molecule has 0 aromatic carbocycles. The molecule has 0 radical (unpaired) electrons. The minimum Gasteiger partial charge on any atom is -0.380 e. The molecule has 8 nitrogen and oxygen atoms in total. The van der Waals surface area contributed by atoms with Gasteiger partial charge in [-0.25, -0.2) is 9.48 Å². The molecule has 1 unspecified atom stereocenters. The Hall–Kier alpha value is -1.67. The van der Waals surface area contributed by atoms with Gasteiger partial charge in [0.15, 0.2) is 0 Å². The van der Waals surface area contributed by atoms with Gasteiger partial charge in [0.05, 0.1) is 12.6 Å². The summed E-state index contributed by atoms with van der Waals surface area (Å²) in [5, 5.41) is 4.01. The predicted octanol–water partition coefficient (Wildman–Crippen LogP) is 0.0721. The highest BCUT2D eigenvalue weighted by Gasteiger charge is 2.39. The lowest BCUT2D eigenvalue weighted by Gasteiger charge is -2.35. The number of hydrogen-bond acceptors (Lipinski definition) is 5. The first kappa shape index (κ1) is 18.1.